The number of ether oxygens (including phenoxy) is 5. The SMILES string of the molecule is COc1ccccc1OCCNC(=O)c1cc(OC)c(OC)c(OC)c1. The van der Waals surface area contributed by atoms with E-state index in [4.69, 9.17) is 23.7 Å². The summed E-state index contributed by atoms with van der Waals surface area (Å²) < 4.78 is 26.6. The van der Waals surface area contributed by atoms with Crippen molar-refractivity contribution >= 4 is 5.91 Å². The fourth-order valence-corrected chi connectivity index (χ4v) is 2.38. The maximum atomic E-state index is 12.4. The zero-order chi connectivity index (χ0) is 18.9. The third-order valence-corrected chi connectivity index (χ3v) is 3.64. The Hall–Kier alpha value is -3.09. The van der Waals surface area contributed by atoms with Crippen molar-refractivity contribution in [2.45, 2.75) is 0 Å². The van der Waals surface area contributed by atoms with Crippen molar-refractivity contribution in [3.05, 3.63) is 42.0 Å². The summed E-state index contributed by atoms with van der Waals surface area (Å²) in [7, 11) is 6.09. The first kappa shape index (κ1) is 19.2. The molecule has 2 aromatic rings. The summed E-state index contributed by atoms with van der Waals surface area (Å²) in [5.41, 5.74) is 0.400. The van der Waals surface area contributed by atoms with E-state index < -0.39 is 0 Å². The Balaban J connectivity index is 1.97. The van der Waals surface area contributed by atoms with Crippen LogP contribution in [0.15, 0.2) is 36.4 Å². The standard InChI is InChI=1S/C19H23NO6/c1-22-14-7-5-6-8-15(14)26-10-9-20-19(21)13-11-16(23-2)18(25-4)17(12-13)24-3/h5-8,11-12H,9-10H2,1-4H3,(H,20,21). The zero-order valence-corrected chi connectivity index (χ0v) is 15.3. The van der Waals surface area contributed by atoms with Crippen LogP contribution in [-0.4, -0.2) is 47.5 Å². The molecule has 0 aromatic heterocycles. The van der Waals surface area contributed by atoms with Crippen molar-refractivity contribution in [2.24, 2.45) is 0 Å². The maximum Gasteiger partial charge on any atom is 0.251 e. The van der Waals surface area contributed by atoms with Crippen LogP contribution in [0.2, 0.25) is 0 Å². The molecule has 0 bridgehead atoms. The molecular formula is C19H23NO6. The topological polar surface area (TPSA) is 75.3 Å². The van der Waals surface area contributed by atoms with E-state index in [1.807, 2.05) is 18.2 Å². The van der Waals surface area contributed by atoms with Crippen LogP contribution in [-0.2, 0) is 0 Å². The monoisotopic (exact) mass is 361 g/mol. The van der Waals surface area contributed by atoms with Crippen molar-refractivity contribution in [2.75, 3.05) is 41.6 Å². The predicted octanol–water partition coefficient (Wildman–Crippen LogP) is 2.53. The van der Waals surface area contributed by atoms with E-state index in [2.05, 4.69) is 5.32 Å². The van der Waals surface area contributed by atoms with Gasteiger partial charge in [0.1, 0.15) is 6.61 Å². The fourth-order valence-electron chi connectivity index (χ4n) is 2.38. The first-order valence-corrected chi connectivity index (χ1v) is 7.98. The molecule has 0 atom stereocenters. The molecule has 1 N–H and O–H groups in total. The van der Waals surface area contributed by atoms with Crippen LogP contribution < -0.4 is 29.0 Å². The van der Waals surface area contributed by atoms with E-state index in [1.165, 1.54) is 21.3 Å². The lowest BCUT2D eigenvalue weighted by Gasteiger charge is -2.14. The second-order valence-corrected chi connectivity index (χ2v) is 5.17. The highest BCUT2D eigenvalue weighted by molar-refractivity contribution is 5.95. The van der Waals surface area contributed by atoms with Crippen molar-refractivity contribution in [1.82, 2.24) is 5.32 Å². The minimum atomic E-state index is -0.270. The minimum Gasteiger partial charge on any atom is -0.493 e. The number of rotatable bonds is 9. The highest BCUT2D eigenvalue weighted by Crippen LogP contribution is 2.38. The lowest BCUT2D eigenvalue weighted by Crippen LogP contribution is -2.28. The Bertz CT molecular complexity index is 722. The van der Waals surface area contributed by atoms with Gasteiger partial charge in [0.05, 0.1) is 35.0 Å². The molecule has 0 saturated carbocycles. The van der Waals surface area contributed by atoms with Crippen LogP contribution in [0.5, 0.6) is 28.7 Å². The van der Waals surface area contributed by atoms with E-state index in [0.29, 0.717) is 47.5 Å². The van der Waals surface area contributed by atoms with E-state index in [1.54, 1.807) is 25.3 Å². The van der Waals surface area contributed by atoms with Gasteiger partial charge in [-0.05, 0) is 24.3 Å². The number of nitrogens with one attached hydrogen (secondary N) is 1. The summed E-state index contributed by atoms with van der Waals surface area (Å²) >= 11 is 0. The number of hydrogen-bond donors (Lipinski definition) is 1. The minimum absolute atomic E-state index is 0.270. The molecule has 0 radical (unpaired) electrons. The second-order valence-electron chi connectivity index (χ2n) is 5.17. The summed E-state index contributed by atoms with van der Waals surface area (Å²) in [6, 6.07) is 10.5. The summed E-state index contributed by atoms with van der Waals surface area (Å²) in [5.74, 6) is 2.27. The first-order chi connectivity index (χ1) is 12.6. The number of hydrogen-bond acceptors (Lipinski definition) is 6. The van der Waals surface area contributed by atoms with Crippen LogP contribution >= 0.6 is 0 Å². The fraction of sp³-hybridized carbons (Fsp3) is 0.316. The highest BCUT2D eigenvalue weighted by atomic mass is 16.5. The van der Waals surface area contributed by atoms with Crippen LogP contribution in [0.1, 0.15) is 10.4 Å². The van der Waals surface area contributed by atoms with E-state index in [9.17, 15) is 4.79 Å². The molecule has 1 amide bonds. The van der Waals surface area contributed by atoms with Gasteiger partial charge in [-0.3, -0.25) is 4.79 Å². The molecule has 0 heterocycles. The summed E-state index contributed by atoms with van der Waals surface area (Å²) in [4.78, 5) is 12.4. The van der Waals surface area contributed by atoms with Gasteiger partial charge in [0.2, 0.25) is 5.75 Å². The lowest BCUT2D eigenvalue weighted by atomic mass is 10.1. The van der Waals surface area contributed by atoms with Crippen molar-refractivity contribution in [1.29, 1.82) is 0 Å². The van der Waals surface area contributed by atoms with Crippen LogP contribution in [0.3, 0.4) is 0 Å². The molecule has 140 valence electrons. The van der Waals surface area contributed by atoms with Gasteiger partial charge in [-0.1, -0.05) is 12.1 Å². The van der Waals surface area contributed by atoms with Crippen LogP contribution in [0, 0.1) is 0 Å². The quantitative estimate of drug-likeness (QED) is 0.692. The molecule has 0 spiro atoms. The Morgan fingerprint density at radius 3 is 1.96 bits per heavy atom. The van der Waals surface area contributed by atoms with Gasteiger partial charge in [-0.25, -0.2) is 0 Å². The molecule has 0 aliphatic rings. The summed E-state index contributed by atoms with van der Waals surface area (Å²) in [5, 5.41) is 2.79. The molecule has 0 aliphatic heterocycles. The lowest BCUT2D eigenvalue weighted by molar-refractivity contribution is 0.0946. The molecule has 0 fully saturated rings. The third-order valence-electron chi connectivity index (χ3n) is 3.64. The average molecular weight is 361 g/mol. The number of methoxy groups -OCH3 is 4. The van der Waals surface area contributed by atoms with E-state index >= 15 is 0 Å². The smallest absolute Gasteiger partial charge is 0.251 e. The average Bonchev–Trinajstić information content (AvgIpc) is 2.69. The van der Waals surface area contributed by atoms with Crippen LogP contribution in [0.25, 0.3) is 0 Å². The molecule has 7 nitrogen and oxygen atoms in total. The number of carbonyl (C=O) groups excluding carboxylic acids is 1. The van der Waals surface area contributed by atoms with Crippen molar-refractivity contribution in [3.8, 4) is 28.7 Å². The maximum absolute atomic E-state index is 12.4. The highest BCUT2D eigenvalue weighted by Gasteiger charge is 2.16. The van der Waals surface area contributed by atoms with Gasteiger partial charge in [0.15, 0.2) is 23.0 Å². The Kier molecular flexibility index (Phi) is 6.96. The normalized spacial score (nSPS) is 10.0. The zero-order valence-electron chi connectivity index (χ0n) is 15.3. The Morgan fingerprint density at radius 1 is 0.846 bits per heavy atom. The second kappa shape index (κ2) is 9.41. The number of amides is 1. The molecular weight excluding hydrogens is 338 g/mol. The predicted molar refractivity (Wildman–Crippen MR) is 96.9 cm³/mol. The summed E-state index contributed by atoms with van der Waals surface area (Å²) in [6.07, 6.45) is 0. The van der Waals surface area contributed by atoms with Gasteiger partial charge in [0.25, 0.3) is 5.91 Å². The molecule has 7 heteroatoms. The largest absolute Gasteiger partial charge is 0.493 e. The van der Waals surface area contributed by atoms with Gasteiger partial charge in [0, 0.05) is 5.56 Å². The van der Waals surface area contributed by atoms with Crippen molar-refractivity contribution in [3.63, 3.8) is 0 Å². The Morgan fingerprint density at radius 2 is 1.42 bits per heavy atom. The number of benzene rings is 2. The van der Waals surface area contributed by atoms with E-state index in [-0.39, 0.29) is 5.91 Å². The van der Waals surface area contributed by atoms with Gasteiger partial charge < -0.3 is 29.0 Å². The molecule has 0 aliphatic carbocycles. The van der Waals surface area contributed by atoms with Crippen molar-refractivity contribution < 1.29 is 28.5 Å². The van der Waals surface area contributed by atoms with Crippen LogP contribution in [0.4, 0.5) is 0 Å². The number of carbonyl (C=O) groups is 1. The van der Waals surface area contributed by atoms with Gasteiger partial charge in [-0.15, -0.1) is 0 Å². The third kappa shape index (κ3) is 4.50. The molecule has 2 aromatic carbocycles. The number of para-hydroxylation sites is 2. The molecule has 0 saturated heterocycles. The molecule has 0 unspecified atom stereocenters. The molecule has 2 rings (SSSR count). The van der Waals surface area contributed by atoms with E-state index in [0.717, 1.165) is 0 Å². The summed E-state index contributed by atoms with van der Waals surface area (Å²) in [6.45, 7) is 0.629. The molecule has 26 heavy (non-hydrogen) atoms. The van der Waals surface area contributed by atoms with Gasteiger partial charge in [-0.2, -0.15) is 0 Å². The van der Waals surface area contributed by atoms with Gasteiger partial charge >= 0.3 is 0 Å². The first-order valence-electron chi connectivity index (χ1n) is 7.98. The Labute approximate surface area is 152 Å².